The molecular weight excluding hydrogens is 224 g/mol. The van der Waals surface area contributed by atoms with Crippen LogP contribution in [0.2, 0.25) is 0 Å². The minimum atomic E-state index is 0.674. The standard InChI is InChI=1S/C15H22N2O/c1-2-10-18-14-8-5-7-13-15(14)16-11-12-6-3-4-9-17(12)13/h5,7-8,12,16H,2-4,6,9-11H2,1H3. The van der Waals surface area contributed by atoms with Crippen LogP contribution in [-0.4, -0.2) is 25.7 Å². The summed E-state index contributed by atoms with van der Waals surface area (Å²) in [6.07, 6.45) is 5.04. The van der Waals surface area contributed by atoms with E-state index in [1.807, 2.05) is 0 Å². The summed E-state index contributed by atoms with van der Waals surface area (Å²) in [5.74, 6) is 1.01. The highest BCUT2D eigenvalue weighted by atomic mass is 16.5. The summed E-state index contributed by atoms with van der Waals surface area (Å²) < 4.78 is 5.84. The van der Waals surface area contributed by atoms with Crippen molar-refractivity contribution in [3.05, 3.63) is 18.2 Å². The molecule has 0 saturated carbocycles. The van der Waals surface area contributed by atoms with Crippen molar-refractivity contribution in [2.75, 3.05) is 29.9 Å². The molecule has 0 amide bonds. The number of hydrogen-bond acceptors (Lipinski definition) is 3. The van der Waals surface area contributed by atoms with E-state index in [2.05, 4.69) is 35.3 Å². The summed E-state index contributed by atoms with van der Waals surface area (Å²) in [5.41, 5.74) is 2.53. The molecule has 3 heteroatoms. The van der Waals surface area contributed by atoms with Crippen molar-refractivity contribution in [3.63, 3.8) is 0 Å². The summed E-state index contributed by atoms with van der Waals surface area (Å²) in [6.45, 7) is 5.18. The quantitative estimate of drug-likeness (QED) is 0.886. The van der Waals surface area contributed by atoms with E-state index in [0.29, 0.717) is 6.04 Å². The van der Waals surface area contributed by atoms with Crippen LogP contribution in [0.5, 0.6) is 5.75 Å². The van der Waals surface area contributed by atoms with E-state index in [1.54, 1.807) is 0 Å². The molecule has 98 valence electrons. The van der Waals surface area contributed by atoms with E-state index in [-0.39, 0.29) is 0 Å². The number of benzene rings is 1. The molecule has 0 spiro atoms. The molecule has 1 N–H and O–H groups in total. The van der Waals surface area contributed by atoms with Gasteiger partial charge in [-0.05, 0) is 37.8 Å². The van der Waals surface area contributed by atoms with Crippen LogP contribution in [-0.2, 0) is 0 Å². The first-order valence-electron chi connectivity index (χ1n) is 7.16. The number of rotatable bonds is 3. The molecule has 0 bridgehead atoms. The number of anilines is 2. The molecule has 2 aliphatic heterocycles. The molecule has 1 atom stereocenters. The third-order valence-electron chi connectivity index (χ3n) is 3.92. The first-order valence-corrected chi connectivity index (χ1v) is 7.16. The Morgan fingerprint density at radius 3 is 3.22 bits per heavy atom. The van der Waals surface area contributed by atoms with Crippen LogP contribution in [0.3, 0.4) is 0 Å². The van der Waals surface area contributed by atoms with E-state index in [0.717, 1.165) is 25.3 Å². The average Bonchev–Trinajstić information content (AvgIpc) is 2.44. The second-order valence-electron chi connectivity index (χ2n) is 5.22. The van der Waals surface area contributed by atoms with Gasteiger partial charge in [0.15, 0.2) is 0 Å². The molecule has 2 aliphatic rings. The van der Waals surface area contributed by atoms with Crippen molar-refractivity contribution in [1.82, 2.24) is 0 Å². The van der Waals surface area contributed by atoms with E-state index in [9.17, 15) is 0 Å². The number of nitrogens with zero attached hydrogens (tertiary/aromatic N) is 1. The minimum Gasteiger partial charge on any atom is -0.491 e. The lowest BCUT2D eigenvalue weighted by Gasteiger charge is -2.42. The van der Waals surface area contributed by atoms with Gasteiger partial charge in [-0.25, -0.2) is 0 Å². The monoisotopic (exact) mass is 246 g/mol. The van der Waals surface area contributed by atoms with Gasteiger partial charge in [-0.1, -0.05) is 13.0 Å². The summed E-state index contributed by atoms with van der Waals surface area (Å²) in [4.78, 5) is 2.56. The van der Waals surface area contributed by atoms with Gasteiger partial charge in [-0.3, -0.25) is 0 Å². The maximum atomic E-state index is 5.84. The minimum absolute atomic E-state index is 0.674. The predicted molar refractivity (Wildman–Crippen MR) is 75.7 cm³/mol. The van der Waals surface area contributed by atoms with Gasteiger partial charge in [0.25, 0.3) is 0 Å². The fraction of sp³-hybridized carbons (Fsp3) is 0.600. The predicted octanol–water partition coefficient (Wildman–Crippen LogP) is 3.26. The molecule has 1 saturated heterocycles. The number of piperidine rings is 1. The van der Waals surface area contributed by atoms with Crippen molar-refractivity contribution in [1.29, 1.82) is 0 Å². The van der Waals surface area contributed by atoms with Gasteiger partial charge in [0.05, 0.1) is 12.3 Å². The molecule has 3 nitrogen and oxygen atoms in total. The fourth-order valence-electron chi connectivity index (χ4n) is 3.02. The number of hydrogen-bond donors (Lipinski definition) is 1. The van der Waals surface area contributed by atoms with Gasteiger partial charge in [-0.2, -0.15) is 0 Å². The topological polar surface area (TPSA) is 24.5 Å². The first-order chi connectivity index (χ1) is 8.90. The molecule has 1 fully saturated rings. The molecule has 0 aliphatic carbocycles. The fourth-order valence-corrected chi connectivity index (χ4v) is 3.02. The Balaban J connectivity index is 1.89. The van der Waals surface area contributed by atoms with Crippen molar-refractivity contribution < 1.29 is 4.74 Å². The number of ether oxygens (including phenoxy) is 1. The molecule has 1 aromatic carbocycles. The zero-order valence-corrected chi connectivity index (χ0v) is 11.1. The van der Waals surface area contributed by atoms with E-state index < -0.39 is 0 Å². The van der Waals surface area contributed by atoms with Crippen molar-refractivity contribution in [3.8, 4) is 5.75 Å². The van der Waals surface area contributed by atoms with Crippen LogP contribution in [0.25, 0.3) is 0 Å². The van der Waals surface area contributed by atoms with Gasteiger partial charge < -0.3 is 15.0 Å². The van der Waals surface area contributed by atoms with Gasteiger partial charge in [0.1, 0.15) is 11.4 Å². The van der Waals surface area contributed by atoms with Crippen LogP contribution in [0.1, 0.15) is 32.6 Å². The van der Waals surface area contributed by atoms with Crippen molar-refractivity contribution in [2.24, 2.45) is 0 Å². The first kappa shape index (κ1) is 11.7. The highest BCUT2D eigenvalue weighted by molar-refractivity contribution is 5.79. The Labute approximate surface area is 109 Å². The molecule has 3 rings (SSSR count). The third-order valence-corrected chi connectivity index (χ3v) is 3.92. The van der Waals surface area contributed by atoms with Gasteiger partial charge in [0.2, 0.25) is 0 Å². The van der Waals surface area contributed by atoms with Crippen molar-refractivity contribution >= 4 is 11.4 Å². The van der Waals surface area contributed by atoms with Crippen molar-refractivity contribution in [2.45, 2.75) is 38.6 Å². The molecule has 1 unspecified atom stereocenters. The SMILES string of the molecule is CCCOc1cccc2c1NCC1CCCCN21. The van der Waals surface area contributed by atoms with Crippen LogP contribution >= 0.6 is 0 Å². The zero-order valence-electron chi connectivity index (χ0n) is 11.1. The zero-order chi connectivity index (χ0) is 12.4. The Hall–Kier alpha value is -1.38. The lowest BCUT2D eigenvalue weighted by molar-refractivity contribution is 0.318. The van der Waals surface area contributed by atoms with Gasteiger partial charge in [-0.15, -0.1) is 0 Å². The van der Waals surface area contributed by atoms with Gasteiger partial charge in [0, 0.05) is 19.1 Å². The maximum Gasteiger partial charge on any atom is 0.144 e. The summed E-state index contributed by atoms with van der Waals surface area (Å²) in [5, 5.41) is 3.57. The number of nitrogens with one attached hydrogen (secondary N) is 1. The second-order valence-corrected chi connectivity index (χ2v) is 5.22. The summed E-state index contributed by atoms with van der Waals surface area (Å²) >= 11 is 0. The second kappa shape index (κ2) is 5.09. The molecular formula is C15H22N2O. The Bertz CT molecular complexity index is 419. The summed E-state index contributed by atoms with van der Waals surface area (Å²) in [7, 11) is 0. The maximum absolute atomic E-state index is 5.84. The average molecular weight is 246 g/mol. The summed E-state index contributed by atoms with van der Waals surface area (Å²) in [6, 6.07) is 7.08. The Morgan fingerprint density at radius 1 is 1.39 bits per heavy atom. The molecule has 18 heavy (non-hydrogen) atoms. The smallest absolute Gasteiger partial charge is 0.144 e. The highest BCUT2D eigenvalue weighted by Crippen LogP contribution is 2.41. The third kappa shape index (κ3) is 2.02. The van der Waals surface area contributed by atoms with Crippen LogP contribution in [0.15, 0.2) is 18.2 Å². The lowest BCUT2D eigenvalue weighted by atomic mass is 9.98. The molecule has 0 radical (unpaired) electrons. The number of para-hydroxylation sites is 1. The normalized spacial score (nSPS) is 21.8. The molecule has 0 aromatic heterocycles. The van der Waals surface area contributed by atoms with E-state index >= 15 is 0 Å². The van der Waals surface area contributed by atoms with Crippen LogP contribution in [0, 0.1) is 0 Å². The Kier molecular flexibility index (Phi) is 3.31. The lowest BCUT2D eigenvalue weighted by Crippen LogP contribution is -2.47. The largest absolute Gasteiger partial charge is 0.491 e. The molecule has 2 heterocycles. The van der Waals surface area contributed by atoms with Gasteiger partial charge >= 0.3 is 0 Å². The molecule has 1 aromatic rings. The number of fused-ring (bicyclic) bond motifs is 3. The van der Waals surface area contributed by atoms with Crippen LogP contribution < -0.4 is 15.0 Å². The van der Waals surface area contributed by atoms with E-state index in [1.165, 1.54) is 37.2 Å². The van der Waals surface area contributed by atoms with Crippen LogP contribution in [0.4, 0.5) is 11.4 Å². The van der Waals surface area contributed by atoms with E-state index in [4.69, 9.17) is 4.74 Å². The Morgan fingerprint density at radius 2 is 2.33 bits per heavy atom. The highest BCUT2D eigenvalue weighted by Gasteiger charge is 2.29.